The first-order valence-electron chi connectivity index (χ1n) is 8.96. The quantitative estimate of drug-likeness (QED) is 0.589. The summed E-state index contributed by atoms with van der Waals surface area (Å²) in [6, 6.07) is 0. The Balaban J connectivity index is 2.01. The Hall–Kier alpha value is -0.910. The van der Waals surface area contributed by atoms with Crippen LogP contribution in [0.5, 0.6) is 0 Å². The minimum Gasteiger partial charge on any atom is -0.393 e. The van der Waals surface area contributed by atoms with Crippen LogP contribution < -0.4 is 0 Å². The third-order valence-electron chi connectivity index (χ3n) is 5.43. The van der Waals surface area contributed by atoms with E-state index in [4.69, 9.17) is 0 Å². The molecule has 1 unspecified atom stereocenters. The Morgan fingerprint density at radius 3 is 2.58 bits per heavy atom. The van der Waals surface area contributed by atoms with E-state index in [1.54, 1.807) is 0 Å². The second-order valence-corrected chi connectivity index (χ2v) is 9.65. The molecule has 1 nitrogen and oxygen atoms in total. The van der Waals surface area contributed by atoms with Crippen LogP contribution in [0.25, 0.3) is 0 Å². The van der Waals surface area contributed by atoms with Crippen molar-refractivity contribution in [1.29, 1.82) is 0 Å². The molecule has 0 saturated carbocycles. The van der Waals surface area contributed by atoms with Crippen molar-refractivity contribution in [1.82, 2.24) is 0 Å². The van der Waals surface area contributed by atoms with E-state index in [0.29, 0.717) is 14.5 Å². The molecule has 0 bridgehead atoms. The minimum atomic E-state index is -0.188. The van der Waals surface area contributed by atoms with Gasteiger partial charge in [-0.3, -0.25) is 0 Å². The average Bonchev–Trinajstić information content (AvgIpc) is 2.42. The Bertz CT molecular complexity index is 601. The van der Waals surface area contributed by atoms with Crippen LogP contribution in [0, 0.1) is 16.7 Å². The first kappa shape index (κ1) is 19.4. The molecular weight excluding hydrogens is 311 g/mol. The van der Waals surface area contributed by atoms with E-state index >= 15 is 0 Å². The molecule has 0 aromatic carbocycles. The highest BCUT2D eigenvalue weighted by molar-refractivity contribution is 7.45. The van der Waals surface area contributed by atoms with Gasteiger partial charge in [-0.1, -0.05) is 84.4 Å². The SMILES string of the molecule is C=C1C=CCC(C)(C)[C@H]1C=CPC=CC1=C(C)C[C@@H](O)CC1(C)C. The molecule has 2 aliphatic rings. The van der Waals surface area contributed by atoms with Gasteiger partial charge in [-0.05, 0) is 48.2 Å². The zero-order valence-electron chi connectivity index (χ0n) is 15.9. The molecule has 3 atom stereocenters. The molecule has 0 saturated heterocycles. The van der Waals surface area contributed by atoms with Gasteiger partial charge in [-0.15, -0.1) is 0 Å². The number of allylic oxidation sites excluding steroid dienone is 6. The van der Waals surface area contributed by atoms with E-state index in [0.717, 1.165) is 19.3 Å². The van der Waals surface area contributed by atoms with Crippen LogP contribution in [0.3, 0.4) is 0 Å². The van der Waals surface area contributed by atoms with E-state index in [1.165, 1.54) is 16.7 Å². The predicted octanol–water partition coefficient (Wildman–Crippen LogP) is 6.35. The lowest BCUT2D eigenvalue weighted by molar-refractivity contribution is 0.116. The Kier molecular flexibility index (Phi) is 6.10. The number of aliphatic hydroxyl groups is 1. The summed E-state index contributed by atoms with van der Waals surface area (Å²) in [7, 11) is 0.683. The van der Waals surface area contributed by atoms with Gasteiger partial charge in [-0.2, -0.15) is 0 Å². The largest absolute Gasteiger partial charge is 0.393 e. The molecule has 0 spiro atoms. The lowest BCUT2D eigenvalue weighted by Gasteiger charge is -2.35. The van der Waals surface area contributed by atoms with Crippen molar-refractivity contribution in [2.45, 2.75) is 60.0 Å². The normalized spacial score (nSPS) is 30.3. The molecule has 0 radical (unpaired) electrons. The van der Waals surface area contributed by atoms with Crippen LogP contribution in [0.15, 0.2) is 59.2 Å². The molecule has 0 fully saturated rings. The van der Waals surface area contributed by atoms with Crippen LogP contribution >= 0.6 is 8.58 Å². The predicted molar refractivity (Wildman–Crippen MR) is 108 cm³/mol. The Labute approximate surface area is 150 Å². The highest BCUT2D eigenvalue weighted by Crippen LogP contribution is 2.43. The van der Waals surface area contributed by atoms with Gasteiger partial charge in [0, 0.05) is 5.92 Å². The smallest absolute Gasteiger partial charge is 0.0585 e. The maximum Gasteiger partial charge on any atom is 0.0585 e. The molecule has 0 aliphatic heterocycles. The van der Waals surface area contributed by atoms with Gasteiger partial charge in [0.1, 0.15) is 0 Å². The third-order valence-corrected chi connectivity index (χ3v) is 6.17. The second-order valence-electron chi connectivity index (χ2n) is 8.65. The maximum absolute atomic E-state index is 9.98. The molecule has 2 rings (SSSR count). The van der Waals surface area contributed by atoms with Crippen molar-refractivity contribution in [2.24, 2.45) is 16.7 Å². The molecule has 2 aliphatic carbocycles. The fraction of sp³-hybridized carbons (Fsp3) is 0.545. The molecule has 0 aromatic heterocycles. The van der Waals surface area contributed by atoms with Crippen molar-refractivity contribution in [3.8, 4) is 0 Å². The standard InChI is InChI=1S/C22H33OP/c1-16-8-7-11-21(3,4)19(16)9-12-24-13-10-20-17(2)14-18(23)15-22(20,5)6/h7-10,12-13,18-19,23-24H,1,11,14-15H2,2-6H3/t18-,19+/m1/s1. The summed E-state index contributed by atoms with van der Waals surface area (Å²) in [5.41, 5.74) is 4.28. The summed E-state index contributed by atoms with van der Waals surface area (Å²) in [6.07, 6.45) is 11.6. The van der Waals surface area contributed by atoms with Gasteiger partial charge >= 0.3 is 0 Å². The van der Waals surface area contributed by atoms with Crippen molar-refractivity contribution in [3.63, 3.8) is 0 Å². The number of aliphatic hydroxyl groups excluding tert-OH is 1. The summed E-state index contributed by atoms with van der Waals surface area (Å²) < 4.78 is 0. The molecule has 2 heteroatoms. The minimum absolute atomic E-state index is 0.0664. The van der Waals surface area contributed by atoms with Gasteiger partial charge in [0.2, 0.25) is 0 Å². The van der Waals surface area contributed by atoms with E-state index in [-0.39, 0.29) is 16.9 Å². The zero-order chi connectivity index (χ0) is 18.0. The molecule has 24 heavy (non-hydrogen) atoms. The van der Waals surface area contributed by atoms with Gasteiger partial charge in [0.15, 0.2) is 0 Å². The topological polar surface area (TPSA) is 20.2 Å². The molecular formula is C22H33OP. The summed E-state index contributed by atoms with van der Waals surface area (Å²) in [5, 5.41) is 9.98. The van der Waals surface area contributed by atoms with Crippen molar-refractivity contribution >= 4 is 8.58 Å². The van der Waals surface area contributed by atoms with Crippen LogP contribution in [0.4, 0.5) is 0 Å². The van der Waals surface area contributed by atoms with Crippen LogP contribution in [0.1, 0.15) is 53.9 Å². The summed E-state index contributed by atoms with van der Waals surface area (Å²) in [4.78, 5) is 0. The van der Waals surface area contributed by atoms with Crippen LogP contribution in [-0.2, 0) is 0 Å². The zero-order valence-corrected chi connectivity index (χ0v) is 16.9. The molecule has 0 amide bonds. The summed E-state index contributed by atoms with van der Waals surface area (Å²) in [5.74, 6) is 5.02. The summed E-state index contributed by atoms with van der Waals surface area (Å²) >= 11 is 0. The van der Waals surface area contributed by atoms with E-state index in [1.807, 2.05) is 0 Å². The Morgan fingerprint density at radius 1 is 1.25 bits per heavy atom. The maximum atomic E-state index is 9.98. The van der Waals surface area contributed by atoms with Crippen molar-refractivity contribution < 1.29 is 5.11 Å². The van der Waals surface area contributed by atoms with Crippen LogP contribution in [0.2, 0.25) is 0 Å². The van der Waals surface area contributed by atoms with Gasteiger partial charge < -0.3 is 5.11 Å². The third kappa shape index (κ3) is 4.58. The van der Waals surface area contributed by atoms with E-state index < -0.39 is 0 Å². The Morgan fingerprint density at radius 2 is 1.96 bits per heavy atom. The lowest BCUT2D eigenvalue weighted by atomic mass is 9.70. The van der Waals surface area contributed by atoms with E-state index in [2.05, 4.69) is 77.1 Å². The average molecular weight is 344 g/mol. The second kappa shape index (κ2) is 7.54. The van der Waals surface area contributed by atoms with Crippen molar-refractivity contribution in [3.05, 3.63) is 59.2 Å². The van der Waals surface area contributed by atoms with Crippen molar-refractivity contribution in [2.75, 3.05) is 0 Å². The fourth-order valence-corrected chi connectivity index (χ4v) is 4.83. The number of hydrogen-bond donors (Lipinski definition) is 1. The fourth-order valence-electron chi connectivity index (χ4n) is 4.15. The van der Waals surface area contributed by atoms with Crippen LogP contribution in [-0.4, -0.2) is 11.2 Å². The first-order chi connectivity index (χ1) is 11.1. The highest BCUT2D eigenvalue weighted by atomic mass is 31.1. The molecule has 1 N–H and O–H groups in total. The molecule has 132 valence electrons. The lowest BCUT2D eigenvalue weighted by Crippen LogP contribution is -2.28. The highest BCUT2D eigenvalue weighted by Gasteiger charge is 2.31. The molecule has 0 aromatic rings. The number of hydrogen-bond acceptors (Lipinski definition) is 1. The van der Waals surface area contributed by atoms with Gasteiger partial charge in [0.25, 0.3) is 0 Å². The summed E-state index contributed by atoms with van der Waals surface area (Å²) in [6.45, 7) is 15.5. The van der Waals surface area contributed by atoms with Gasteiger partial charge in [-0.25, -0.2) is 0 Å². The van der Waals surface area contributed by atoms with E-state index in [9.17, 15) is 5.11 Å². The first-order valence-corrected chi connectivity index (χ1v) is 10.1. The monoisotopic (exact) mass is 344 g/mol. The number of rotatable bonds is 4. The van der Waals surface area contributed by atoms with Gasteiger partial charge in [0.05, 0.1) is 6.10 Å². The molecule has 0 heterocycles.